The number of nitrogens with one attached hydrogen (secondary N) is 4. The number of allylic oxidation sites excluding steroid dienone is 1. The number of para-hydroxylation sites is 1. The van der Waals surface area contributed by atoms with E-state index in [1.54, 1.807) is 43.1 Å². The summed E-state index contributed by atoms with van der Waals surface area (Å²) in [5.74, 6) is 1.38. The fourth-order valence-corrected chi connectivity index (χ4v) is 11.8. The van der Waals surface area contributed by atoms with Crippen molar-refractivity contribution in [2.75, 3.05) is 71.2 Å². The molecule has 18 heteroatoms. The molecule has 9 rings (SSSR count). The number of piperazine rings is 1. The number of hydrogen-bond acceptors (Lipinski definition) is 14. The molecule has 4 aliphatic heterocycles. The molecule has 0 spiro atoms. The normalized spacial score (nSPS) is 19.2. The number of amides is 4. The minimum absolute atomic E-state index is 0.00482. The minimum atomic E-state index is -0.878. The molecule has 5 heterocycles. The average molecular weight is 1160 g/mol. The molecule has 1 aliphatic carbocycles. The predicted octanol–water partition coefficient (Wildman–Crippen LogP) is 8.15. The van der Waals surface area contributed by atoms with E-state index in [0.29, 0.717) is 70.3 Å². The van der Waals surface area contributed by atoms with Crippen molar-refractivity contribution in [1.82, 2.24) is 36.1 Å². The zero-order valence-corrected chi connectivity index (χ0v) is 50.1. The Kier molecular flexibility index (Phi) is 23.4. The first-order valence-corrected chi connectivity index (χ1v) is 30.6. The summed E-state index contributed by atoms with van der Waals surface area (Å²) in [6.45, 7) is 12.2. The Hall–Kier alpha value is -7.02. The Labute approximate surface area is 496 Å². The van der Waals surface area contributed by atoms with Gasteiger partial charge in [0.15, 0.2) is 5.78 Å². The van der Waals surface area contributed by atoms with Gasteiger partial charge in [-0.1, -0.05) is 88.9 Å². The molecule has 5 N–H and O–H groups in total. The number of nitrogens with zero attached hydrogens (tertiary/aromatic N) is 4. The summed E-state index contributed by atoms with van der Waals surface area (Å²) in [6.07, 6.45) is 18.1. The van der Waals surface area contributed by atoms with Gasteiger partial charge in [-0.15, -0.1) is 0 Å². The van der Waals surface area contributed by atoms with Crippen LogP contribution in [0, 0.1) is 5.41 Å². The topological polar surface area (TPSA) is 213 Å². The number of unbranched alkanes of at least 4 members (excludes halogenated alkanes) is 5. The number of likely N-dealkylation sites (N-methyl/N-ethyl adjacent to an activating group) is 1. The number of ketones is 1. The Bertz CT molecular complexity index is 2860. The van der Waals surface area contributed by atoms with E-state index in [9.17, 15) is 29.1 Å². The van der Waals surface area contributed by atoms with E-state index in [-0.39, 0.29) is 59.8 Å². The number of benzene rings is 3. The second-order valence-corrected chi connectivity index (χ2v) is 23.9. The molecular weight excluding hydrogens is 1060 g/mol. The highest BCUT2D eigenvalue weighted by Gasteiger charge is 2.43. The monoisotopic (exact) mass is 1150 g/mol. The molecule has 3 aromatic carbocycles. The maximum absolute atomic E-state index is 14.7. The van der Waals surface area contributed by atoms with Gasteiger partial charge in [-0.2, -0.15) is 0 Å². The molecule has 4 aromatic rings. The number of carbonyl (C=O) groups excluding carboxylic acids is 5. The average Bonchev–Trinajstić information content (AvgIpc) is 1.98. The fraction of sp³-hybridized carbons (Fsp3) is 0.545. The van der Waals surface area contributed by atoms with E-state index in [1.807, 2.05) is 75.6 Å². The number of ether oxygens (including phenoxy) is 4. The van der Waals surface area contributed by atoms with Gasteiger partial charge in [-0.25, -0.2) is 4.98 Å². The highest BCUT2D eigenvalue weighted by molar-refractivity contribution is 6.06. The molecule has 0 saturated carbocycles. The lowest BCUT2D eigenvalue weighted by atomic mass is 9.83. The molecule has 3 saturated heterocycles. The number of pyridine rings is 1. The molecule has 0 radical (unpaired) electrons. The summed E-state index contributed by atoms with van der Waals surface area (Å²) < 4.78 is 23.7. The molecule has 2 bridgehead atoms. The summed E-state index contributed by atoms with van der Waals surface area (Å²) in [6, 6.07) is 22.8. The van der Waals surface area contributed by atoms with Crippen molar-refractivity contribution in [2.45, 2.75) is 160 Å². The van der Waals surface area contributed by atoms with Crippen LogP contribution in [0.25, 0.3) is 0 Å². The molecule has 454 valence electrons. The quantitative estimate of drug-likeness (QED) is 0.0190. The number of carbonyl (C=O) groups is 5. The molecule has 6 atom stereocenters. The van der Waals surface area contributed by atoms with Crippen LogP contribution in [0.15, 0.2) is 97.3 Å². The van der Waals surface area contributed by atoms with Gasteiger partial charge >= 0.3 is 0 Å². The van der Waals surface area contributed by atoms with Gasteiger partial charge in [0.25, 0.3) is 0 Å². The molecule has 5 aliphatic rings. The van der Waals surface area contributed by atoms with Crippen molar-refractivity contribution in [3.05, 3.63) is 125 Å². The standard InChI is InChI=1S/C66H90N8O10/c1-46(67-5)63(78)71-62(66(2,3)4)65(80)74-43-49-40-52(28-27-48(49)41-57(74)64(79)70-56-24-16-19-47-18-11-12-22-54(47)56)84-39-38-82-37-36-81-35-32-69-61(77)26-10-8-6-7-9-15-34-83-53-29-31-68-60(42-53)73-45-50-20-17-21-51(73)44-72(50)33-30-59(76)55-23-13-14-25-58(55)75/h11-14,18,22-23,25,27-31,33,40,42,46,50-51,56-57,62,67,75H,6-10,15-17,19-21,24,26,32,34-39,41,43-45H2,1-5H3,(H,69,77)(H,70,79)(H,71,78)/b33-30+/t46-,50+,51+,56+,57-,62+/m0/s1. The number of fused-ring (bicyclic) bond motifs is 6. The molecule has 18 nitrogen and oxygen atoms in total. The maximum atomic E-state index is 14.7. The number of hydrogen-bond donors (Lipinski definition) is 5. The van der Waals surface area contributed by atoms with Gasteiger partial charge in [0.05, 0.1) is 50.7 Å². The van der Waals surface area contributed by atoms with Gasteiger partial charge in [0.1, 0.15) is 41.8 Å². The van der Waals surface area contributed by atoms with Crippen LogP contribution in [0.2, 0.25) is 0 Å². The van der Waals surface area contributed by atoms with Crippen LogP contribution in [-0.4, -0.2) is 146 Å². The third-order valence-corrected chi connectivity index (χ3v) is 16.7. The van der Waals surface area contributed by atoms with Gasteiger partial charge in [-0.05, 0) is 123 Å². The highest BCUT2D eigenvalue weighted by atomic mass is 16.5. The predicted molar refractivity (Wildman–Crippen MR) is 324 cm³/mol. The first-order valence-electron chi connectivity index (χ1n) is 30.6. The number of phenols is 1. The van der Waals surface area contributed by atoms with E-state index in [4.69, 9.17) is 23.9 Å². The lowest BCUT2D eigenvalue weighted by Crippen LogP contribution is -2.62. The molecule has 0 unspecified atom stereocenters. The number of anilines is 1. The number of aryl methyl sites for hydroxylation is 1. The molecular formula is C66H90N8O10. The number of aromatic nitrogens is 1. The SMILES string of the molecule is CN[C@@H](C)C(=O)N[C@H](C(=O)N1Cc2cc(OCCOCCOCCNC(=O)CCCCCCCCOc3ccnc(N4C[C@H]5CCC[C@@H]4CN5/C=C/C(=O)c4ccccc4O)c3)ccc2C[C@H]1C(=O)N[C@@H]1CCCc2ccccc21)C(C)(C)C. The van der Waals surface area contributed by atoms with Crippen molar-refractivity contribution in [3.63, 3.8) is 0 Å². The number of rotatable bonds is 30. The largest absolute Gasteiger partial charge is 0.507 e. The van der Waals surface area contributed by atoms with Crippen molar-refractivity contribution in [2.24, 2.45) is 5.41 Å². The molecule has 4 amide bonds. The Balaban J connectivity index is 0.667. The van der Waals surface area contributed by atoms with Gasteiger partial charge in [-0.3, -0.25) is 24.0 Å². The van der Waals surface area contributed by atoms with Gasteiger partial charge in [0, 0.05) is 75.6 Å². The third-order valence-electron chi connectivity index (χ3n) is 16.7. The highest BCUT2D eigenvalue weighted by Crippen LogP contribution is 2.35. The van der Waals surface area contributed by atoms with Crippen LogP contribution >= 0.6 is 0 Å². The van der Waals surface area contributed by atoms with Gasteiger partial charge < -0.3 is 60.0 Å². The molecule has 3 fully saturated rings. The van der Waals surface area contributed by atoms with Crippen molar-refractivity contribution in [1.29, 1.82) is 0 Å². The summed E-state index contributed by atoms with van der Waals surface area (Å²) in [7, 11) is 1.70. The zero-order chi connectivity index (χ0) is 59.4. The van der Waals surface area contributed by atoms with Crippen LogP contribution in [0.1, 0.15) is 143 Å². The van der Waals surface area contributed by atoms with Crippen LogP contribution in [-0.2, 0) is 48.0 Å². The van der Waals surface area contributed by atoms with Crippen molar-refractivity contribution < 1.29 is 48.0 Å². The summed E-state index contributed by atoms with van der Waals surface area (Å²) in [5.41, 5.74) is 3.86. The second kappa shape index (κ2) is 31.2. The van der Waals surface area contributed by atoms with Crippen molar-refractivity contribution in [3.8, 4) is 17.2 Å². The lowest BCUT2D eigenvalue weighted by molar-refractivity contribution is -0.147. The van der Waals surface area contributed by atoms with Crippen molar-refractivity contribution >= 4 is 35.2 Å². The first kappa shape index (κ1) is 63.0. The van der Waals surface area contributed by atoms with E-state index < -0.39 is 23.5 Å². The Morgan fingerprint density at radius 1 is 0.762 bits per heavy atom. The van der Waals surface area contributed by atoms with Crippen LogP contribution in [0.4, 0.5) is 5.82 Å². The molecule has 1 aromatic heterocycles. The lowest BCUT2D eigenvalue weighted by Gasteiger charge is -2.44. The Morgan fingerprint density at radius 3 is 2.30 bits per heavy atom. The van der Waals surface area contributed by atoms with Crippen LogP contribution in [0.3, 0.4) is 0 Å². The summed E-state index contributed by atoms with van der Waals surface area (Å²) in [5, 5.41) is 22.3. The smallest absolute Gasteiger partial charge is 0.246 e. The van der Waals surface area contributed by atoms with Crippen LogP contribution in [0.5, 0.6) is 17.2 Å². The van der Waals surface area contributed by atoms with E-state index >= 15 is 0 Å². The Morgan fingerprint density at radius 2 is 1.49 bits per heavy atom. The number of aromatic hydroxyl groups is 1. The van der Waals surface area contributed by atoms with Gasteiger partial charge in [0.2, 0.25) is 23.6 Å². The summed E-state index contributed by atoms with van der Waals surface area (Å²) >= 11 is 0. The van der Waals surface area contributed by atoms with E-state index in [1.165, 1.54) is 11.6 Å². The molecule has 84 heavy (non-hydrogen) atoms. The summed E-state index contributed by atoms with van der Waals surface area (Å²) in [4.78, 5) is 78.5. The fourth-order valence-electron chi connectivity index (χ4n) is 11.8. The minimum Gasteiger partial charge on any atom is -0.507 e. The van der Waals surface area contributed by atoms with Crippen LogP contribution < -0.4 is 35.6 Å². The maximum Gasteiger partial charge on any atom is 0.246 e. The van der Waals surface area contributed by atoms with E-state index in [0.717, 1.165) is 118 Å². The first-order chi connectivity index (χ1) is 40.7. The van der Waals surface area contributed by atoms with E-state index in [2.05, 4.69) is 43.2 Å². The second-order valence-electron chi connectivity index (χ2n) is 23.9. The third kappa shape index (κ3) is 17.8. The number of phenolic OH excluding ortho intramolecular Hbond substituents is 1. The zero-order valence-electron chi connectivity index (χ0n) is 50.1.